The number of hydrogen-bond donors (Lipinski definition) is 0. The van der Waals surface area contributed by atoms with Gasteiger partial charge >= 0.3 is 0 Å². The monoisotopic (exact) mass is 250 g/mol. The summed E-state index contributed by atoms with van der Waals surface area (Å²) in [6.45, 7) is 10.9. The fraction of sp³-hybridized carbons (Fsp3) is 0.263. The van der Waals surface area contributed by atoms with E-state index in [2.05, 4.69) is 77.1 Å². The maximum atomic E-state index is 2.28. The molecular formula is C19H22. The van der Waals surface area contributed by atoms with Gasteiger partial charge in [0.25, 0.3) is 0 Å². The van der Waals surface area contributed by atoms with Crippen molar-refractivity contribution < 1.29 is 0 Å². The topological polar surface area (TPSA) is 0 Å². The van der Waals surface area contributed by atoms with Gasteiger partial charge in [-0.25, -0.2) is 0 Å². The summed E-state index contributed by atoms with van der Waals surface area (Å²) in [7, 11) is 0. The molecule has 0 N–H and O–H groups in total. The van der Waals surface area contributed by atoms with Crippen LogP contribution >= 0.6 is 0 Å². The second-order valence-corrected chi connectivity index (χ2v) is 5.40. The van der Waals surface area contributed by atoms with Gasteiger partial charge in [0, 0.05) is 0 Å². The first-order valence-corrected chi connectivity index (χ1v) is 6.81. The maximum Gasteiger partial charge on any atom is -0.0222 e. The van der Waals surface area contributed by atoms with Gasteiger partial charge in [-0.2, -0.15) is 0 Å². The van der Waals surface area contributed by atoms with Gasteiger partial charge in [0.2, 0.25) is 0 Å². The van der Waals surface area contributed by atoms with Gasteiger partial charge < -0.3 is 0 Å². The summed E-state index contributed by atoms with van der Waals surface area (Å²) in [5.74, 6) is 0. The van der Waals surface area contributed by atoms with Gasteiger partial charge in [-0.05, 0) is 68.0 Å². The Morgan fingerprint density at radius 2 is 1.32 bits per heavy atom. The van der Waals surface area contributed by atoms with Gasteiger partial charge in [0.1, 0.15) is 0 Å². The molecule has 0 heterocycles. The van der Waals surface area contributed by atoms with Crippen LogP contribution in [0, 0.1) is 34.6 Å². The highest BCUT2D eigenvalue weighted by atomic mass is 14.1. The molecule has 0 aliphatic rings. The molecule has 0 radical (unpaired) electrons. The van der Waals surface area contributed by atoms with Crippen molar-refractivity contribution in [2.45, 2.75) is 34.6 Å². The zero-order valence-corrected chi connectivity index (χ0v) is 12.5. The van der Waals surface area contributed by atoms with Crippen LogP contribution in [0.25, 0.3) is 12.2 Å². The van der Waals surface area contributed by atoms with E-state index in [0.29, 0.717) is 0 Å². The van der Waals surface area contributed by atoms with E-state index in [4.69, 9.17) is 0 Å². The molecule has 0 heteroatoms. The van der Waals surface area contributed by atoms with Crippen molar-refractivity contribution in [2.24, 2.45) is 0 Å². The second kappa shape index (κ2) is 5.44. The van der Waals surface area contributed by atoms with E-state index in [0.717, 1.165) is 0 Å². The van der Waals surface area contributed by atoms with E-state index in [9.17, 15) is 0 Å². The third kappa shape index (κ3) is 2.96. The molecule has 0 unspecified atom stereocenters. The second-order valence-electron chi connectivity index (χ2n) is 5.40. The lowest BCUT2D eigenvalue weighted by atomic mass is 9.94. The molecule has 0 aliphatic heterocycles. The van der Waals surface area contributed by atoms with Gasteiger partial charge in [0.05, 0.1) is 0 Å². The molecule has 0 amide bonds. The Labute approximate surface area is 116 Å². The molecule has 0 spiro atoms. The number of aryl methyl sites for hydroxylation is 2. The summed E-state index contributed by atoms with van der Waals surface area (Å²) in [6.07, 6.45) is 4.41. The van der Waals surface area contributed by atoms with Crippen LogP contribution in [0.5, 0.6) is 0 Å². The highest BCUT2D eigenvalue weighted by Crippen LogP contribution is 2.22. The number of hydrogen-bond acceptors (Lipinski definition) is 0. The molecule has 2 rings (SSSR count). The van der Waals surface area contributed by atoms with Gasteiger partial charge in [-0.1, -0.05) is 48.0 Å². The minimum atomic E-state index is 1.25. The summed E-state index contributed by atoms with van der Waals surface area (Å²) in [5.41, 5.74) is 9.43. The fourth-order valence-corrected chi connectivity index (χ4v) is 2.28. The van der Waals surface area contributed by atoms with Crippen molar-refractivity contribution >= 4 is 12.2 Å². The lowest BCUT2D eigenvalue weighted by Gasteiger charge is -2.11. The quantitative estimate of drug-likeness (QED) is 0.626. The first-order valence-electron chi connectivity index (χ1n) is 6.81. The Bertz CT molecular complexity index is 613. The van der Waals surface area contributed by atoms with E-state index < -0.39 is 0 Å². The average Bonchev–Trinajstić information content (AvgIpc) is 2.41. The Kier molecular flexibility index (Phi) is 3.90. The predicted octanol–water partition coefficient (Wildman–Crippen LogP) is 5.40. The van der Waals surface area contributed by atoms with Gasteiger partial charge in [-0.15, -0.1) is 0 Å². The number of benzene rings is 2. The Hall–Kier alpha value is -1.82. The average molecular weight is 250 g/mol. The van der Waals surface area contributed by atoms with Crippen LogP contribution in [0.3, 0.4) is 0 Å². The zero-order chi connectivity index (χ0) is 14.0. The molecule has 0 bridgehead atoms. The summed E-state index contributed by atoms with van der Waals surface area (Å²) in [4.78, 5) is 0. The zero-order valence-electron chi connectivity index (χ0n) is 12.5. The van der Waals surface area contributed by atoms with Crippen LogP contribution < -0.4 is 0 Å². The Morgan fingerprint density at radius 1 is 0.684 bits per heavy atom. The third-order valence-corrected chi connectivity index (χ3v) is 4.05. The molecule has 0 fully saturated rings. The van der Waals surface area contributed by atoms with E-state index in [1.54, 1.807) is 0 Å². The molecule has 0 nitrogen and oxygen atoms in total. The van der Waals surface area contributed by atoms with Crippen molar-refractivity contribution in [1.29, 1.82) is 0 Å². The van der Waals surface area contributed by atoms with E-state index in [1.807, 2.05) is 0 Å². The smallest absolute Gasteiger partial charge is 0.0222 e. The minimum absolute atomic E-state index is 1.25. The predicted molar refractivity (Wildman–Crippen MR) is 85.5 cm³/mol. The largest absolute Gasteiger partial charge is 0.0587 e. The lowest BCUT2D eigenvalue weighted by Crippen LogP contribution is -1.93. The standard InChI is InChI=1S/C19H22/c1-13-6-8-18(9-7-13)10-11-19-12-14(2)15(3)16(4)17(19)5/h6-12H,1-5H3/b11-10+. The molecule has 0 atom stereocenters. The Morgan fingerprint density at radius 3 is 1.95 bits per heavy atom. The Balaban J connectivity index is 2.36. The summed E-state index contributed by atoms with van der Waals surface area (Å²) in [6, 6.07) is 10.9. The van der Waals surface area contributed by atoms with Gasteiger partial charge in [0.15, 0.2) is 0 Å². The molecule has 0 aliphatic carbocycles. The first-order chi connectivity index (χ1) is 8.99. The maximum absolute atomic E-state index is 2.28. The summed E-state index contributed by atoms with van der Waals surface area (Å²) >= 11 is 0. The van der Waals surface area contributed by atoms with Crippen LogP contribution in [0.4, 0.5) is 0 Å². The molecule has 98 valence electrons. The van der Waals surface area contributed by atoms with Crippen LogP contribution in [0.2, 0.25) is 0 Å². The molecule has 2 aromatic carbocycles. The van der Waals surface area contributed by atoms with Gasteiger partial charge in [-0.3, -0.25) is 0 Å². The van der Waals surface area contributed by atoms with Crippen LogP contribution in [-0.2, 0) is 0 Å². The van der Waals surface area contributed by atoms with Crippen LogP contribution in [0.1, 0.15) is 38.9 Å². The van der Waals surface area contributed by atoms with Crippen molar-refractivity contribution in [2.75, 3.05) is 0 Å². The molecule has 19 heavy (non-hydrogen) atoms. The molecule has 0 aromatic heterocycles. The third-order valence-electron chi connectivity index (χ3n) is 4.05. The summed E-state index contributed by atoms with van der Waals surface area (Å²) in [5, 5.41) is 0. The molecule has 2 aromatic rings. The van der Waals surface area contributed by atoms with E-state index in [1.165, 1.54) is 38.9 Å². The molecular weight excluding hydrogens is 228 g/mol. The highest BCUT2D eigenvalue weighted by molar-refractivity contribution is 5.72. The minimum Gasteiger partial charge on any atom is -0.0587 e. The first kappa shape index (κ1) is 13.6. The highest BCUT2D eigenvalue weighted by Gasteiger charge is 2.04. The van der Waals surface area contributed by atoms with E-state index in [-0.39, 0.29) is 0 Å². The van der Waals surface area contributed by atoms with Crippen molar-refractivity contribution in [3.63, 3.8) is 0 Å². The summed E-state index contributed by atoms with van der Waals surface area (Å²) < 4.78 is 0. The molecule has 0 saturated heterocycles. The number of rotatable bonds is 2. The van der Waals surface area contributed by atoms with Crippen molar-refractivity contribution in [1.82, 2.24) is 0 Å². The molecule has 0 saturated carbocycles. The van der Waals surface area contributed by atoms with Crippen LogP contribution in [0.15, 0.2) is 30.3 Å². The van der Waals surface area contributed by atoms with Crippen molar-refractivity contribution in [3.05, 3.63) is 69.3 Å². The fourth-order valence-electron chi connectivity index (χ4n) is 2.28. The van der Waals surface area contributed by atoms with Crippen LogP contribution in [-0.4, -0.2) is 0 Å². The van der Waals surface area contributed by atoms with E-state index >= 15 is 0 Å². The normalized spacial score (nSPS) is 11.2. The van der Waals surface area contributed by atoms with Crippen molar-refractivity contribution in [3.8, 4) is 0 Å². The lowest BCUT2D eigenvalue weighted by molar-refractivity contribution is 1.21. The SMILES string of the molecule is Cc1ccc(/C=C/c2cc(C)c(C)c(C)c2C)cc1.